The van der Waals surface area contributed by atoms with E-state index in [1.54, 1.807) is 6.92 Å². The van der Waals surface area contributed by atoms with Crippen LogP contribution in [0.2, 0.25) is 0 Å². The Bertz CT molecular complexity index is 841. The predicted octanol–water partition coefficient (Wildman–Crippen LogP) is 2.98. The first kappa shape index (κ1) is 18.7. The van der Waals surface area contributed by atoms with Gasteiger partial charge in [-0.2, -0.15) is 0 Å². The van der Waals surface area contributed by atoms with Crippen LogP contribution >= 0.6 is 0 Å². The van der Waals surface area contributed by atoms with Gasteiger partial charge in [-0.15, -0.1) is 0 Å². The number of piperidine rings is 1. The van der Waals surface area contributed by atoms with Gasteiger partial charge >= 0.3 is 0 Å². The minimum atomic E-state index is -1.07. The van der Waals surface area contributed by atoms with Crippen LogP contribution < -0.4 is 4.90 Å². The zero-order valence-corrected chi connectivity index (χ0v) is 16.5. The minimum Gasteiger partial charge on any atom is -0.387 e. The van der Waals surface area contributed by atoms with Crippen molar-refractivity contribution in [2.75, 3.05) is 24.6 Å². The van der Waals surface area contributed by atoms with Crippen molar-refractivity contribution in [2.24, 2.45) is 0 Å². The third kappa shape index (κ3) is 3.22. The number of anilines is 1. The first-order valence-electron chi connectivity index (χ1n) is 10.0. The van der Waals surface area contributed by atoms with E-state index in [1.165, 1.54) is 16.5 Å². The molecule has 146 valence electrons. The molecule has 2 fully saturated rings. The largest absolute Gasteiger partial charge is 0.387 e. The van der Waals surface area contributed by atoms with Gasteiger partial charge in [-0.05, 0) is 62.4 Å². The highest BCUT2D eigenvalue weighted by atomic mass is 16.5. The molecule has 2 saturated heterocycles. The fourth-order valence-electron chi connectivity index (χ4n) is 4.58. The van der Waals surface area contributed by atoms with Gasteiger partial charge in [-0.3, -0.25) is 0 Å². The maximum Gasteiger partial charge on any atom is 0.129 e. The molecule has 27 heavy (non-hydrogen) atoms. The third-order valence-electron chi connectivity index (χ3n) is 6.49. The average Bonchev–Trinajstić information content (AvgIpc) is 2.66. The van der Waals surface area contributed by atoms with Crippen molar-refractivity contribution in [3.8, 4) is 0 Å². The summed E-state index contributed by atoms with van der Waals surface area (Å²) in [6, 6.07) is 8.66. The van der Waals surface area contributed by atoms with E-state index in [4.69, 9.17) is 9.72 Å². The zero-order chi connectivity index (χ0) is 19.2. The van der Waals surface area contributed by atoms with Crippen LogP contribution in [0.4, 0.5) is 5.82 Å². The topological polar surface area (TPSA) is 65.8 Å². The second kappa shape index (κ2) is 6.73. The van der Waals surface area contributed by atoms with Crippen molar-refractivity contribution in [2.45, 2.75) is 63.8 Å². The van der Waals surface area contributed by atoms with Crippen molar-refractivity contribution in [3.63, 3.8) is 0 Å². The smallest absolute Gasteiger partial charge is 0.129 e. The van der Waals surface area contributed by atoms with Gasteiger partial charge in [0.1, 0.15) is 17.5 Å². The number of aromatic nitrogens is 1. The van der Waals surface area contributed by atoms with Gasteiger partial charge < -0.3 is 19.8 Å². The maximum atomic E-state index is 10.7. The van der Waals surface area contributed by atoms with E-state index in [-0.39, 0.29) is 0 Å². The van der Waals surface area contributed by atoms with Crippen LogP contribution in [0.15, 0.2) is 24.3 Å². The number of fused-ring (bicyclic) bond motifs is 1. The Labute approximate surface area is 161 Å². The number of pyridine rings is 1. The molecule has 2 aromatic rings. The van der Waals surface area contributed by atoms with Crippen molar-refractivity contribution < 1.29 is 14.9 Å². The Morgan fingerprint density at radius 1 is 1.22 bits per heavy atom. The Balaban J connectivity index is 1.56. The van der Waals surface area contributed by atoms with Gasteiger partial charge in [-0.25, -0.2) is 4.98 Å². The number of hydrogen-bond donors (Lipinski definition) is 2. The normalized spacial score (nSPS) is 28.0. The van der Waals surface area contributed by atoms with Crippen LogP contribution in [-0.2, 0) is 11.2 Å². The molecule has 5 nitrogen and oxygen atoms in total. The van der Waals surface area contributed by atoms with Crippen LogP contribution in [0, 0.1) is 6.92 Å². The summed E-state index contributed by atoms with van der Waals surface area (Å²) in [7, 11) is 0. The molecule has 1 aromatic heterocycles. The third-order valence-corrected chi connectivity index (χ3v) is 6.49. The van der Waals surface area contributed by atoms with Crippen molar-refractivity contribution in [3.05, 3.63) is 35.4 Å². The number of rotatable bonds is 2. The second-order valence-corrected chi connectivity index (χ2v) is 8.41. The number of hydrogen-bond acceptors (Lipinski definition) is 5. The number of ether oxygens (including phenoxy) is 1. The van der Waals surface area contributed by atoms with Gasteiger partial charge in [-0.1, -0.05) is 13.0 Å². The van der Waals surface area contributed by atoms with Gasteiger partial charge in [0.05, 0.1) is 17.7 Å². The lowest BCUT2D eigenvalue weighted by atomic mass is 9.75. The Kier molecular flexibility index (Phi) is 4.65. The number of benzene rings is 1. The molecule has 2 atom stereocenters. The second-order valence-electron chi connectivity index (χ2n) is 8.41. The maximum absolute atomic E-state index is 10.7. The SMILES string of the molecule is CCc1ccc2nc(N3CCC4(CC3)OCC[C@@](C)(O)[C@@H]4O)cc(C)c2c1. The molecule has 3 heterocycles. The van der Waals surface area contributed by atoms with Gasteiger partial charge in [0, 0.05) is 24.9 Å². The van der Waals surface area contributed by atoms with Crippen molar-refractivity contribution in [1.82, 2.24) is 4.98 Å². The molecule has 0 radical (unpaired) electrons. The molecule has 1 aromatic carbocycles. The molecule has 0 amide bonds. The van der Waals surface area contributed by atoms with E-state index in [2.05, 4.69) is 43.0 Å². The van der Waals surface area contributed by atoms with Crippen LogP contribution in [-0.4, -0.2) is 52.2 Å². The summed E-state index contributed by atoms with van der Waals surface area (Å²) in [5.41, 5.74) is 1.88. The lowest BCUT2D eigenvalue weighted by Gasteiger charge is -2.51. The summed E-state index contributed by atoms with van der Waals surface area (Å²) >= 11 is 0. The highest BCUT2D eigenvalue weighted by Gasteiger charge is 2.52. The first-order chi connectivity index (χ1) is 12.8. The van der Waals surface area contributed by atoms with E-state index in [9.17, 15) is 10.2 Å². The Morgan fingerprint density at radius 3 is 2.67 bits per heavy atom. The first-order valence-corrected chi connectivity index (χ1v) is 10.0. The van der Waals surface area contributed by atoms with Crippen LogP contribution in [0.25, 0.3) is 10.9 Å². The molecule has 1 spiro atoms. The Hall–Kier alpha value is -1.69. The monoisotopic (exact) mass is 370 g/mol. The predicted molar refractivity (Wildman–Crippen MR) is 107 cm³/mol. The molecule has 5 heteroatoms. The van der Waals surface area contributed by atoms with E-state index >= 15 is 0 Å². The molecule has 4 rings (SSSR count). The Morgan fingerprint density at radius 2 is 1.96 bits per heavy atom. The molecule has 2 aliphatic rings. The minimum absolute atomic E-state index is 0.477. The lowest BCUT2D eigenvalue weighted by Crippen LogP contribution is -2.64. The summed E-state index contributed by atoms with van der Waals surface area (Å²) < 4.78 is 6.00. The molecule has 2 N–H and O–H groups in total. The summed E-state index contributed by atoms with van der Waals surface area (Å²) in [6.07, 6.45) is 2.04. The van der Waals surface area contributed by atoms with Crippen LogP contribution in [0.3, 0.4) is 0 Å². The van der Waals surface area contributed by atoms with Gasteiger partial charge in [0.15, 0.2) is 0 Å². The summed E-state index contributed by atoms with van der Waals surface area (Å²) in [6.45, 7) is 8.05. The van der Waals surface area contributed by atoms with Gasteiger partial charge in [0.2, 0.25) is 0 Å². The zero-order valence-electron chi connectivity index (χ0n) is 16.5. The van der Waals surface area contributed by atoms with E-state index < -0.39 is 17.3 Å². The summed E-state index contributed by atoms with van der Waals surface area (Å²) in [4.78, 5) is 7.16. The molecule has 0 unspecified atom stereocenters. The molecule has 0 saturated carbocycles. The standard InChI is InChI=1S/C22H30N2O3/c1-4-16-5-6-18-17(14-16)15(2)13-19(23-18)24-10-7-22(8-11-24)20(25)21(3,26)9-12-27-22/h5-6,13-14,20,25-26H,4,7-12H2,1-3H3/t20-,21+/m0/s1. The van der Waals surface area contributed by atoms with E-state index in [1.807, 2.05) is 0 Å². The molecule has 2 aliphatic heterocycles. The van der Waals surface area contributed by atoms with E-state index in [0.29, 0.717) is 25.9 Å². The van der Waals surface area contributed by atoms with Crippen molar-refractivity contribution >= 4 is 16.7 Å². The number of nitrogens with zero attached hydrogens (tertiary/aromatic N) is 2. The molecular formula is C22H30N2O3. The quantitative estimate of drug-likeness (QED) is 0.851. The highest BCUT2D eigenvalue weighted by molar-refractivity contribution is 5.84. The fourth-order valence-corrected chi connectivity index (χ4v) is 4.58. The van der Waals surface area contributed by atoms with Gasteiger partial charge in [0.25, 0.3) is 0 Å². The fraction of sp³-hybridized carbons (Fsp3) is 0.591. The molecule has 0 bridgehead atoms. The number of aliphatic hydroxyl groups is 2. The van der Waals surface area contributed by atoms with E-state index in [0.717, 1.165) is 30.8 Å². The molecule has 0 aliphatic carbocycles. The highest BCUT2D eigenvalue weighted by Crippen LogP contribution is 2.40. The van der Waals surface area contributed by atoms with Crippen LogP contribution in [0.5, 0.6) is 0 Å². The van der Waals surface area contributed by atoms with Crippen molar-refractivity contribution in [1.29, 1.82) is 0 Å². The average molecular weight is 370 g/mol. The number of aryl methyl sites for hydroxylation is 2. The number of aliphatic hydroxyl groups excluding tert-OH is 1. The van der Waals surface area contributed by atoms with Crippen LogP contribution in [0.1, 0.15) is 44.2 Å². The lowest BCUT2D eigenvalue weighted by molar-refractivity contribution is -0.239. The molecular weight excluding hydrogens is 340 g/mol. The summed E-state index contributed by atoms with van der Waals surface area (Å²) in [5, 5.41) is 22.4. The summed E-state index contributed by atoms with van der Waals surface area (Å²) in [5.74, 6) is 0.983.